The lowest BCUT2D eigenvalue weighted by molar-refractivity contribution is -0.167. The SMILES string of the molecule is CC(C)[C@H](O)CC[C@@H](C)[C@H]1CC[C@H]2[C@@H]3[C@H](O)C[C@H]4C[C@@H](NCCCNCCCCN)CC[C@]4(C)[C@H]3CC[C@]12C.Cl.Cl.Cl. The van der Waals surface area contributed by atoms with Crippen LogP contribution in [-0.2, 0) is 0 Å². The zero-order valence-electron chi connectivity index (χ0n) is 27.5. The molecule has 4 saturated carbocycles. The van der Waals surface area contributed by atoms with E-state index in [1.807, 2.05) is 0 Å². The van der Waals surface area contributed by atoms with Gasteiger partial charge in [-0.1, -0.05) is 34.6 Å². The normalized spacial score (nSPS) is 38.6. The van der Waals surface area contributed by atoms with Crippen molar-refractivity contribution in [2.75, 3.05) is 26.2 Å². The molecule has 4 aliphatic carbocycles. The Labute approximate surface area is 277 Å². The zero-order valence-corrected chi connectivity index (χ0v) is 29.9. The molecule has 0 aromatic carbocycles. The topological polar surface area (TPSA) is 90.5 Å². The molecule has 0 saturated heterocycles. The molecule has 0 amide bonds. The number of rotatable bonds is 14. The van der Waals surface area contributed by atoms with E-state index in [9.17, 15) is 10.2 Å². The fraction of sp³-hybridized carbons (Fsp3) is 1.00. The van der Waals surface area contributed by atoms with Crippen LogP contribution in [-0.4, -0.2) is 54.6 Å². The molecule has 0 spiro atoms. The Morgan fingerprint density at radius 2 is 1.48 bits per heavy atom. The average molecular weight is 657 g/mol. The van der Waals surface area contributed by atoms with E-state index in [-0.39, 0.29) is 49.4 Å². The van der Waals surface area contributed by atoms with Crippen LogP contribution in [0, 0.1) is 52.3 Å². The second-order valence-electron chi connectivity index (χ2n) is 15.4. The van der Waals surface area contributed by atoms with Crippen LogP contribution in [0.4, 0.5) is 0 Å². The largest absolute Gasteiger partial charge is 0.393 e. The number of nitrogens with two attached hydrogens (primary N) is 1. The second kappa shape index (κ2) is 18.1. The smallest absolute Gasteiger partial charge is 0.0577 e. The maximum Gasteiger partial charge on any atom is 0.0577 e. The quantitative estimate of drug-likeness (QED) is 0.130. The highest BCUT2D eigenvalue weighted by molar-refractivity contribution is 5.86. The van der Waals surface area contributed by atoms with E-state index in [0.717, 1.165) is 57.8 Å². The summed E-state index contributed by atoms with van der Waals surface area (Å²) in [7, 11) is 0. The molecule has 4 aliphatic rings. The predicted octanol–water partition coefficient (Wildman–Crippen LogP) is 6.99. The Kier molecular flexibility index (Phi) is 17.6. The molecule has 0 aromatic heterocycles. The van der Waals surface area contributed by atoms with E-state index >= 15 is 0 Å². The molecule has 252 valence electrons. The lowest BCUT2D eigenvalue weighted by Crippen LogP contribution is -2.59. The van der Waals surface area contributed by atoms with Crippen molar-refractivity contribution < 1.29 is 10.2 Å². The molecule has 0 aromatic rings. The van der Waals surface area contributed by atoms with E-state index in [1.54, 1.807) is 0 Å². The van der Waals surface area contributed by atoms with Gasteiger partial charge in [-0.3, -0.25) is 0 Å². The highest BCUT2D eigenvalue weighted by Crippen LogP contribution is 2.68. The van der Waals surface area contributed by atoms with Gasteiger partial charge >= 0.3 is 0 Å². The Bertz CT molecular complexity index is 764. The van der Waals surface area contributed by atoms with Crippen molar-refractivity contribution in [3.8, 4) is 0 Å². The fourth-order valence-corrected chi connectivity index (χ4v) is 10.4. The molecule has 0 unspecified atom stereocenters. The minimum absolute atomic E-state index is 0. The first-order valence-corrected chi connectivity index (χ1v) is 17.1. The average Bonchev–Trinajstić information content (AvgIpc) is 3.26. The Morgan fingerprint density at radius 1 is 0.810 bits per heavy atom. The lowest BCUT2D eigenvalue weighted by atomic mass is 9.43. The summed E-state index contributed by atoms with van der Waals surface area (Å²) in [6, 6.07) is 0.621. The molecule has 8 heteroatoms. The van der Waals surface area contributed by atoms with Crippen molar-refractivity contribution in [2.45, 2.75) is 136 Å². The van der Waals surface area contributed by atoms with Crippen LogP contribution in [0.15, 0.2) is 0 Å². The second-order valence-corrected chi connectivity index (χ2v) is 15.4. The maximum atomic E-state index is 11.7. The summed E-state index contributed by atoms with van der Waals surface area (Å²) in [5.41, 5.74) is 6.35. The van der Waals surface area contributed by atoms with E-state index in [2.05, 4.69) is 45.3 Å². The van der Waals surface area contributed by atoms with E-state index in [0.29, 0.717) is 52.4 Å². The van der Waals surface area contributed by atoms with Gasteiger partial charge in [-0.05, 0) is 162 Å². The van der Waals surface area contributed by atoms with Gasteiger partial charge in [0.2, 0.25) is 0 Å². The number of halogens is 3. The number of fused-ring (bicyclic) bond motifs is 5. The molecule has 4 fully saturated rings. The zero-order chi connectivity index (χ0) is 28.2. The Balaban J connectivity index is 0.00000294. The summed E-state index contributed by atoms with van der Waals surface area (Å²) in [5, 5.41) is 29.6. The minimum Gasteiger partial charge on any atom is -0.393 e. The fourth-order valence-electron chi connectivity index (χ4n) is 10.4. The first-order chi connectivity index (χ1) is 18.6. The molecule has 0 heterocycles. The molecule has 0 aliphatic heterocycles. The van der Waals surface area contributed by atoms with Crippen molar-refractivity contribution in [3.63, 3.8) is 0 Å². The minimum atomic E-state index is -0.169. The summed E-state index contributed by atoms with van der Waals surface area (Å²) in [4.78, 5) is 0. The molecule has 6 N–H and O–H groups in total. The van der Waals surface area contributed by atoms with Crippen LogP contribution < -0.4 is 16.4 Å². The van der Waals surface area contributed by atoms with Gasteiger partial charge < -0.3 is 26.6 Å². The molecule has 42 heavy (non-hydrogen) atoms. The molecule has 0 radical (unpaired) electrons. The van der Waals surface area contributed by atoms with Gasteiger partial charge in [-0.15, -0.1) is 37.2 Å². The van der Waals surface area contributed by atoms with Gasteiger partial charge in [-0.25, -0.2) is 0 Å². The number of nitrogens with one attached hydrogen (secondary N) is 2. The van der Waals surface area contributed by atoms with Crippen LogP contribution in [0.25, 0.3) is 0 Å². The Morgan fingerprint density at radius 3 is 2.17 bits per heavy atom. The monoisotopic (exact) mass is 655 g/mol. The standard InChI is InChI=1S/C34H65N3O2.3ClH/c1-23(2)30(38)12-9-24(3)27-10-11-28-32-29(14-16-34(27,28)5)33(4)15-13-26(21-25(33)22-31(32)39)37-20-8-19-36-18-7-6-17-35;;;/h23-32,36-39H,6-22,35H2,1-5H3;3*1H/t24-,25-,26+,27-,28+,29+,30-,31-,32+,33+,34-;;;/m1.../s1. The highest BCUT2D eigenvalue weighted by Gasteiger charge is 2.62. The van der Waals surface area contributed by atoms with Gasteiger partial charge in [-0.2, -0.15) is 0 Å². The summed E-state index contributed by atoms with van der Waals surface area (Å²) in [6.07, 6.45) is 15.5. The van der Waals surface area contributed by atoms with Gasteiger partial charge in [0.05, 0.1) is 12.2 Å². The third-order valence-corrected chi connectivity index (χ3v) is 12.9. The molecule has 5 nitrogen and oxygen atoms in total. The third kappa shape index (κ3) is 8.93. The van der Waals surface area contributed by atoms with Crippen molar-refractivity contribution in [3.05, 3.63) is 0 Å². The van der Waals surface area contributed by atoms with E-state index in [1.165, 1.54) is 57.8 Å². The van der Waals surface area contributed by atoms with Gasteiger partial charge in [0, 0.05) is 6.04 Å². The van der Waals surface area contributed by atoms with Crippen LogP contribution in [0.2, 0.25) is 0 Å². The first-order valence-electron chi connectivity index (χ1n) is 17.1. The van der Waals surface area contributed by atoms with Crippen molar-refractivity contribution in [1.29, 1.82) is 0 Å². The van der Waals surface area contributed by atoms with Gasteiger partial charge in [0.1, 0.15) is 0 Å². The molecule has 11 atom stereocenters. The van der Waals surface area contributed by atoms with Crippen LogP contribution >= 0.6 is 37.2 Å². The van der Waals surface area contributed by atoms with E-state index in [4.69, 9.17) is 5.73 Å². The number of aliphatic hydroxyl groups excluding tert-OH is 2. The molecular weight excluding hydrogens is 589 g/mol. The summed E-state index contributed by atoms with van der Waals surface area (Å²) < 4.78 is 0. The number of hydrogen-bond donors (Lipinski definition) is 5. The number of unbranched alkanes of at least 4 members (excludes halogenated alkanes) is 1. The molecule has 4 rings (SSSR count). The third-order valence-electron chi connectivity index (χ3n) is 12.9. The van der Waals surface area contributed by atoms with Crippen molar-refractivity contribution >= 4 is 37.2 Å². The summed E-state index contributed by atoms with van der Waals surface area (Å²) in [6.45, 7) is 16.0. The lowest BCUT2D eigenvalue weighted by Gasteiger charge is -2.62. The maximum absolute atomic E-state index is 11.7. The predicted molar refractivity (Wildman–Crippen MR) is 185 cm³/mol. The number of hydrogen-bond acceptors (Lipinski definition) is 5. The van der Waals surface area contributed by atoms with Crippen molar-refractivity contribution in [2.24, 2.45) is 58.0 Å². The van der Waals surface area contributed by atoms with Gasteiger partial charge in [0.15, 0.2) is 0 Å². The van der Waals surface area contributed by atoms with Crippen molar-refractivity contribution in [1.82, 2.24) is 10.6 Å². The van der Waals surface area contributed by atoms with E-state index < -0.39 is 0 Å². The summed E-state index contributed by atoms with van der Waals surface area (Å²) >= 11 is 0. The molecule has 0 bridgehead atoms. The first kappa shape index (κ1) is 40.7. The van der Waals surface area contributed by atoms with Gasteiger partial charge in [0.25, 0.3) is 0 Å². The van der Waals surface area contributed by atoms with Crippen LogP contribution in [0.3, 0.4) is 0 Å². The highest BCUT2D eigenvalue weighted by atomic mass is 35.5. The Hall–Kier alpha value is 0.670. The van der Waals surface area contributed by atoms with Crippen LogP contribution in [0.1, 0.15) is 118 Å². The number of aliphatic hydroxyl groups is 2. The summed E-state index contributed by atoms with van der Waals surface area (Å²) in [5.74, 6) is 4.29. The van der Waals surface area contributed by atoms with Crippen LogP contribution in [0.5, 0.6) is 0 Å². The molecular formula is C34H68Cl3N3O2.